The number of carbonyl (C=O) groups is 4. The quantitative estimate of drug-likeness (QED) is 0.0962. The van der Waals surface area contributed by atoms with Crippen molar-refractivity contribution in [3.63, 3.8) is 0 Å². The minimum atomic E-state index is -3.11. The van der Waals surface area contributed by atoms with Crippen LogP contribution >= 0.6 is 0 Å². The number of benzene rings is 3. The number of ether oxygens (including phenoxy) is 1. The lowest BCUT2D eigenvalue weighted by atomic mass is 9.66. The van der Waals surface area contributed by atoms with Gasteiger partial charge in [-0.2, -0.15) is 0 Å². The van der Waals surface area contributed by atoms with Crippen molar-refractivity contribution in [1.29, 1.82) is 0 Å². The Hall–Kier alpha value is -5.44. The number of halogens is 2. The molecule has 3 fully saturated rings. The third kappa shape index (κ3) is 8.90. The number of aromatic amines is 2. The maximum Gasteiger partial charge on any atom is 0.407 e. The number of carbonyl (C=O) groups excluding carboxylic acids is 4. The molecule has 5 aromatic rings. The average Bonchev–Trinajstić information content (AvgIpc) is 4.03. The van der Waals surface area contributed by atoms with Crippen LogP contribution in [0.5, 0.6) is 0 Å². The second-order valence-electron chi connectivity index (χ2n) is 19.8. The third-order valence-corrected chi connectivity index (χ3v) is 17.1. The van der Waals surface area contributed by atoms with Gasteiger partial charge in [-0.3, -0.25) is 14.4 Å². The summed E-state index contributed by atoms with van der Waals surface area (Å²) in [5, 5.41) is 7.27. The van der Waals surface area contributed by atoms with E-state index in [1.807, 2.05) is 44.3 Å². The Bertz CT molecular complexity index is 2550. The minimum absolute atomic E-state index is 0.0493. The highest BCUT2D eigenvalue weighted by atomic mass is 28.3. The van der Waals surface area contributed by atoms with Gasteiger partial charge < -0.3 is 30.2 Å². The van der Waals surface area contributed by atoms with Crippen molar-refractivity contribution in [1.82, 2.24) is 35.5 Å². The second kappa shape index (κ2) is 16.9. The van der Waals surface area contributed by atoms with Crippen LogP contribution in [0.15, 0.2) is 60.8 Å². The molecule has 3 amide bonds. The molecule has 1 saturated carbocycles. The average molecular weight is 880 g/mol. The Morgan fingerprint density at radius 2 is 1.52 bits per heavy atom. The zero-order valence-corrected chi connectivity index (χ0v) is 38.4. The molecular formula is C48H59F2N7O5Si. The number of Topliss-reactive ketones (excluding diaryl/α,β-unsaturated/α-hetero) is 1. The van der Waals surface area contributed by atoms with Gasteiger partial charge in [0.05, 0.1) is 48.7 Å². The zero-order valence-electron chi connectivity index (χ0n) is 37.4. The van der Waals surface area contributed by atoms with Crippen LogP contribution in [-0.4, -0.2) is 88.3 Å². The molecule has 2 aliphatic heterocycles. The molecule has 8 rings (SSSR count). The molecule has 0 bridgehead atoms. The van der Waals surface area contributed by atoms with E-state index in [0.29, 0.717) is 22.9 Å². The van der Waals surface area contributed by atoms with Gasteiger partial charge in [0.2, 0.25) is 11.8 Å². The molecule has 2 saturated heterocycles. The van der Waals surface area contributed by atoms with Crippen LogP contribution in [0.4, 0.5) is 13.6 Å². The molecule has 12 nitrogen and oxygen atoms in total. The highest BCUT2D eigenvalue weighted by molar-refractivity contribution is 6.78. The molecule has 4 heterocycles. The predicted octanol–water partition coefficient (Wildman–Crippen LogP) is 9.24. The van der Waals surface area contributed by atoms with E-state index in [0.717, 1.165) is 56.7 Å². The number of imidazole rings is 2. The monoisotopic (exact) mass is 879 g/mol. The minimum Gasteiger partial charge on any atom is -0.453 e. The van der Waals surface area contributed by atoms with E-state index in [2.05, 4.69) is 64.0 Å². The van der Waals surface area contributed by atoms with Crippen molar-refractivity contribution in [2.45, 2.75) is 109 Å². The highest BCUT2D eigenvalue weighted by Gasteiger charge is 2.52. The number of amides is 3. The molecule has 63 heavy (non-hydrogen) atoms. The molecule has 1 aliphatic carbocycles. The van der Waals surface area contributed by atoms with Crippen molar-refractivity contribution in [3.8, 4) is 22.4 Å². The molecule has 4 N–H and O–H groups in total. The lowest BCUT2D eigenvalue weighted by Crippen LogP contribution is -2.51. The number of likely N-dealkylation sites (tertiary alicyclic amines) is 1. The lowest BCUT2D eigenvalue weighted by molar-refractivity contribution is -0.139. The number of ketones is 1. The number of nitrogens with one attached hydrogen (secondary N) is 4. The van der Waals surface area contributed by atoms with Crippen LogP contribution < -0.4 is 10.6 Å². The van der Waals surface area contributed by atoms with Crippen molar-refractivity contribution < 1.29 is 32.7 Å². The molecule has 3 aliphatic rings. The van der Waals surface area contributed by atoms with Crippen molar-refractivity contribution >= 4 is 53.6 Å². The van der Waals surface area contributed by atoms with Gasteiger partial charge in [-0.05, 0) is 70.7 Å². The van der Waals surface area contributed by atoms with Gasteiger partial charge >= 0.3 is 6.09 Å². The van der Waals surface area contributed by atoms with Crippen molar-refractivity contribution in [2.75, 3.05) is 13.7 Å². The number of fused-ring (bicyclic) bond motifs is 4. The summed E-state index contributed by atoms with van der Waals surface area (Å²) in [6.45, 7) is 12.9. The summed E-state index contributed by atoms with van der Waals surface area (Å²) < 4.78 is 34.8. The Balaban J connectivity index is 1.03. The van der Waals surface area contributed by atoms with E-state index in [4.69, 9.17) is 14.7 Å². The number of H-pyrrole nitrogens is 2. The Morgan fingerprint density at radius 3 is 2.19 bits per heavy atom. The first kappa shape index (κ1) is 44.2. The zero-order chi connectivity index (χ0) is 45.1. The van der Waals surface area contributed by atoms with Crippen molar-refractivity contribution in [2.24, 2.45) is 29.6 Å². The summed E-state index contributed by atoms with van der Waals surface area (Å²) in [4.78, 5) is 69.8. The van der Waals surface area contributed by atoms with E-state index < -0.39 is 63.0 Å². The standard InChI is InChI=1S/C48H59F2N7O5Si/c1-25(2)40(56-47(61)62-6)43(59)35-18-32-22-63(7,8)23-33(32)19-36(35)44-51-21-38(54-44)29-11-9-28(10-12-29)30-13-15-34-31(17-30)14-16-37-42(34)55-45(53-37)39-20-48(49,50)24-57(39)46(60)41(26(3)4)52-27(5)58/h9-17,21,25-26,32-33,35-36,39-41H,18-20,22-24H2,1-8H3,(H,51,54)(H,52,58)(H,53,55)(H,56,61)/t32-,33-,35?,36+,39?,40-,41-/m0/s1. The van der Waals surface area contributed by atoms with E-state index in [9.17, 15) is 28.0 Å². The van der Waals surface area contributed by atoms with Crippen LogP contribution in [0.2, 0.25) is 25.2 Å². The molecule has 2 aromatic heterocycles. The first-order valence-electron chi connectivity index (χ1n) is 22.2. The van der Waals surface area contributed by atoms with Crippen molar-refractivity contribution in [3.05, 3.63) is 72.4 Å². The summed E-state index contributed by atoms with van der Waals surface area (Å²) in [6, 6.07) is 18.1. The van der Waals surface area contributed by atoms with Gasteiger partial charge in [0, 0.05) is 38.6 Å². The summed E-state index contributed by atoms with van der Waals surface area (Å²) >= 11 is 0. The molecule has 15 heteroatoms. The Kier molecular flexibility index (Phi) is 11.9. The SMILES string of the molecule is COC(=O)N[C@H](C(=O)C1C[C@H]2C[Si](C)(C)C[C@@H]2C[C@H]1c1ncc(-c2ccc(-c3ccc4c(ccc5nc(C6CC(F)(F)CN6C(=O)[C@@H](NC(C)=O)C(C)C)[nH]c54)c3)cc2)[nH]1)C(C)C. The first-order valence-corrected chi connectivity index (χ1v) is 25.6. The van der Waals surface area contributed by atoms with Crippen LogP contribution in [0.25, 0.3) is 44.2 Å². The van der Waals surface area contributed by atoms with E-state index in [1.54, 1.807) is 13.8 Å². The number of rotatable bonds is 11. The van der Waals surface area contributed by atoms with Gasteiger partial charge in [-0.25, -0.2) is 23.5 Å². The fraction of sp³-hybridized carbons (Fsp3) is 0.500. The molecule has 7 atom stereocenters. The molecule has 334 valence electrons. The summed E-state index contributed by atoms with van der Waals surface area (Å²) in [5.41, 5.74) is 5.12. The number of hydrogen-bond donors (Lipinski definition) is 4. The van der Waals surface area contributed by atoms with Crippen LogP contribution in [0, 0.1) is 29.6 Å². The summed E-state index contributed by atoms with van der Waals surface area (Å²) in [6.07, 6.45) is 2.38. The van der Waals surface area contributed by atoms with Crippen LogP contribution in [0.1, 0.15) is 77.5 Å². The maximum atomic E-state index is 15.0. The van der Waals surface area contributed by atoms with Gasteiger partial charge in [0.25, 0.3) is 5.92 Å². The highest BCUT2D eigenvalue weighted by Crippen LogP contribution is 2.54. The van der Waals surface area contributed by atoms with Gasteiger partial charge in [-0.15, -0.1) is 0 Å². The fourth-order valence-electron chi connectivity index (χ4n) is 10.9. The number of hydrogen-bond acceptors (Lipinski definition) is 7. The lowest BCUT2D eigenvalue weighted by Gasteiger charge is -2.39. The number of nitrogens with zero attached hydrogens (tertiary/aromatic N) is 3. The number of aromatic nitrogens is 4. The molecule has 3 aromatic carbocycles. The maximum absolute atomic E-state index is 15.0. The molecular weight excluding hydrogens is 821 g/mol. The van der Waals surface area contributed by atoms with E-state index in [1.165, 1.54) is 26.1 Å². The third-order valence-electron chi connectivity index (χ3n) is 13.8. The molecule has 0 spiro atoms. The second-order valence-corrected chi connectivity index (χ2v) is 24.9. The predicted molar refractivity (Wildman–Crippen MR) is 242 cm³/mol. The number of alkyl carbamates (subject to hydrolysis) is 1. The fourth-order valence-corrected chi connectivity index (χ4v) is 14.9. The smallest absolute Gasteiger partial charge is 0.407 e. The van der Waals surface area contributed by atoms with Crippen LogP contribution in [0.3, 0.4) is 0 Å². The largest absolute Gasteiger partial charge is 0.453 e. The summed E-state index contributed by atoms with van der Waals surface area (Å²) in [7, 11) is -0.0410. The Morgan fingerprint density at radius 1 is 0.857 bits per heavy atom. The summed E-state index contributed by atoms with van der Waals surface area (Å²) in [5.74, 6) is -2.59. The molecule has 0 radical (unpaired) electrons. The van der Waals surface area contributed by atoms with Crippen LogP contribution in [-0.2, 0) is 19.1 Å². The first-order chi connectivity index (χ1) is 29.8. The van der Waals surface area contributed by atoms with Gasteiger partial charge in [0.1, 0.15) is 17.7 Å². The number of methoxy groups -OCH3 is 1. The molecule has 2 unspecified atom stereocenters. The Labute approximate surface area is 367 Å². The van der Waals surface area contributed by atoms with Gasteiger partial charge in [-0.1, -0.05) is 95.3 Å². The normalized spacial score (nSPS) is 23.8. The topological polar surface area (TPSA) is 162 Å². The van der Waals surface area contributed by atoms with E-state index in [-0.39, 0.29) is 35.3 Å². The number of alkyl halides is 2. The van der Waals surface area contributed by atoms with Gasteiger partial charge in [0.15, 0.2) is 5.78 Å². The van der Waals surface area contributed by atoms with E-state index >= 15 is 0 Å².